The lowest BCUT2D eigenvalue weighted by Crippen LogP contribution is -2.28. The van der Waals surface area contributed by atoms with Gasteiger partial charge in [0.15, 0.2) is 0 Å². The Morgan fingerprint density at radius 3 is 1.24 bits per heavy atom. The summed E-state index contributed by atoms with van der Waals surface area (Å²) in [5.41, 5.74) is 20.0. The number of fused-ring (bicyclic) bond motifs is 7. The summed E-state index contributed by atoms with van der Waals surface area (Å²) >= 11 is 1.79. The molecule has 0 unspecified atom stereocenters. The van der Waals surface area contributed by atoms with Crippen molar-refractivity contribution in [1.29, 1.82) is 0 Å². The third kappa shape index (κ3) is 5.65. The van der Waals surface area contributed by atoms with Crippen LogP contribution in [0.1, 0.15) is 44.5 Å². The molecule has 0 amide bonds. The molecule has 310 valence electrons. The molecule has 0 saturated carbocycles. The average Bonchev–Trinajstić information content (AvgIpc) is 4.08. The fourth-order valence-corrected chi connectivity index (χ4v) is 12.4. The third-order valence-electron chi connectivity index (χ3n) is 14.3. The highest BCUT2D eigenvalue weighted by atomic mass is 32.1. The van der Waals surface area contributed by atoms with Gasteiger partial charge in [0.25, 0.3) is 0 Å². The Kier molecular flexibility index (Phi) is 8.91. The van der Waals surface area contributed by atoms with Crippen molar-refractivity contribution >= 4 is 38.5 Å². The number of thiophene rings is 1. The third-order valence-corrected chi connectivity index (χ3v) is 15.2. The van der Waals surface area contributed by atoms with Crippen molar-refractivity contribution in [1.82, 2.24) is 0 Å². The second kappa shape index (κ2) is 15.3. The minimum Gasteiger partial charge on any atom is -0.310 e. The molecular weight excluding hydrogens is 815 g/mol. The predicted octanol–water partition coefficient (Wildman–Crippen LogP) is 16.8. The maximum Gasteiger partial charge on any atom is 0.0713 e. The molecule has 0 N–H and O–H groups in total. The Bertz CT molecular complexity index is 3500. The summed E-state index contributed by atoms with van der Waals surface area (Å²) in [5.74, 6) is 0. The van der Waals surface area contributed by atoms with Crippen molar-refractivity contribution in [2.45, 2.75) is 10.8 Å². The van der Waals surface area contributed by atoms with Crippen LogP contribution in [0.25, 0.3) is 43.5 Å². The Hall–Kier alpha value is -8.04. The lowest BCUT2D eigenvalue weighted by Gasteiger charge is -2.34. The molecule has 13 rings (SSSR count). The second-order valence-electron chi connectivity index (χ2n) is 17.6. The zero-order chi connectivity index (χ0) is 43.7. The summed E-state index contributed by atoms with van der Waals surface area (Å²) in [5, 5.41) is 3.45. The molecule has 2 aliphatic carbocycles. The van der Waals surface area contributed by atoms with E-state index < -0.39 is 10.8 Å². The van der Waals surface area contributed by atoms with E-state index in [2.05, 4.69) is 265 Å². The lowest BCUT2D eigenvalue weighted by atomic mass is 9.67. The van der Waals surface area contributed by atoms with Crippen LogP contribution in [0.4, 0.5) is 17.1 Å². The van der Waals surface area contributed by atoms with E-state index in [1.54, 1.807) is 11.3 Å². The van der Waals surface area contributed by atoms with E-state index >= 15 is 0 Å². The standard InChI is InChI=1S/C64H43NS/c1-6-18-44(19-7-1)46-31-35-59-55(40-46)57-42-52(34-37-61(57)64(59,49-24-12-4-13-25-49)50-26-14-5-15-27-50)65(53-32-30-45-38-39-66-62(45)43-53)51-33-36-60-56(41-51)54-28-16-17-29-58(54)63(60,47-20-8-2-9-21-47)48-22-10-3-11-23-48/h1-43H. The van der Waals surface area contributed by atoms with Crippen LogP contribution in [0.2, 0.25) is 0 Å². The van der Waals surface area contributed by atoms with Gasteiger partial charge < -0.3 is 4.90 Å². The highest BCUT2D eigenvalue weighted by Gasteiger charge is 2.48. The van der Waals surface area contributed by atoms with Gasteiger partial charge in [-0.25, -0.2) is 0 Å². The van der Waals surface area contributed by atoms with E-state index in [1.165, 1.54) is 88.0 Å². The second-order valence-corrected chi connectivity index (χ2v) is 18.5. The maximum absolute atomic E-state index is 2.49. The van der Waals surface area contributed by atoms with E-state index in [9.17, 15) is 0 Å². The molecule has 1 aromatic heterocycles. The zero-order valence-corrected chi connectivity index (χ0v) is 37.0. The first-order valence-electron chi connectivity index (χ1n) is 22.8. The molecule has 2 aliphatic rings. The number of nitrogens with zero attached hydrogens (tertiary/aromatic N) is 1. The largest absolute Gasteiger partial charge is 0.310 e. The lowest BCUT2D eigenvalue weighted by molar-refractivity contribution is 0.768. The van der Waals surface area contributed by atoms with Crippen LogP contribution >= 0.6 is 11.3 Å². The van der Waals surface area contributed by atoms with Crippen LogP contribution in [0.5, 0.6) is 0 Å². The molecule has 1 nitrogen and oxygen atoms in total. The monoisotopic (exact) mass is 857 g/mol. The Morgan fingerprint density at radius 1 is 0.288 bits per heavy atom. The number of rotatable bonds is 8. The van der Waals surface area contributed by atoms with E-state index in [0.29, 0.717) is 0 Å². The van der Waals surface area contributed by atoms with E-state index in [1.807, 2.05) is 0 Å². The Morgan fingerprint density at radius 2 is 0.697 bits per heavy atom. The topological polar surface area (TPSA) is 3.24 Å². The average molecular weight is 858 g/mol. The first-order chi connectivity index (χ1) is 32.7. The molecule has 2 heteroatoms. The van der Waals surface area contributed by atoms with Gasteiger partial charge in [0, 0.05) is 21.8 Å². The summed E-state index contributed by atoms with van der Waals surface area (Å²) in [6, 6.07) is 95.0. The molecule has 0 atom stereocenters. The fraction of sp³-hybridized carbons (Fsp3) is 0.0312. The van der Waals surface area contributed by atoms with Crippen molar-refractivity contribution in [3.63, 3.8) is 0 Å². The van der Waals surface area contributed by atoms with E-state index in [0.717, 1.165) is 17.1 Å². The predicted molar refractivity (Wildman–Crippen MR) is 277 cm³/mol. The molecule has 11 aromatic rings. The van der Waals surface area contributed by atoms with Gasteiger partial charge >= 0.3 is 0 Å². The van der Waals surface area contributed by atoms with Crippen LogP contribution in [0.15, 0.2) is 260 Å². The summed E-state index contributed by atoms with van der Waals surface area (Å²) in [6.07, 6.45) is 0. The van der Waals surface area contributed by atoms with Crippen molar-refractivity contribution in [3.8, 4) is 33.4 Å². The summed E-state index contributed by atoms with van der Waals surface area (Å²) < 4.78 is 1.27. The van der Waals surface area contributed by atoms with Crippen molar-refractivity contribution in [2.75, 3.05) is 4.90 Å². The van der Waals surface area contributed by atoms with Gasteiger partial charge in [0.2, 0.25) is 0 Å². The summed E-state index contributed by atoms with van der Waals surface area (Å²) in [7, 11) is 0. The van der Waals surface area contributed by atoms with Crippen molar-refractivity contribution < 1.29 is 0 Å². The SMILES string of the molecule is c1ccc(-c2ccc3c(c2)-c2cc(N(c4ccc5c(c4)-c4ccccc4C5(c4ccccc4)c4ccccc4)c4ccc5ccsc5c4)ccc2C3(c2ccccc2)c2ccccc2)cc1. The first-order valence-corrected chi connectivity index (χ1v) is 23.7. The normalized spacial score (nSPS) is 13.7. The number of anilines is 3. The van der Waals surface area contributed by atoms with Crippen LogP contribution in [-0.4, -0.2) is 0 Å². The van der Waals surface area contributed by atoms with Crippen molar-refractivity contribution in [3.05, 3.63) is 305 Å². The van der Waals surface area contributed by atoms with Crippen molar-refractivity contribution in [2.24, 2.45) is 0 Å². The maximum atomic E-state index is 2.49. The van der Waals surface area contributed by atoms with E-state index in [-0.39, 0.29) is 0 Å². The minimum absolute atomic E-state index is 0.473. The molecule has 0 bridgehead atoms. The molecule has 0 aliphatic heterocycles. The van der Waals surface area contributed by atoms with Gasteiger partial charge in [-0.15, -0.1) is 11.3 Å². The van der Waals surface area contributed by atoms with Crippen LogP contribution in [0, 0.1) is 0 Å². The highest BCUT2D eigenvalue weighted by molar-refractivity contribution is 7.17. The quantitative estimate of drug-likeness (QED) is 0.147. The molecule has 0 saturated heterocycles. The Labute approximate surface area is 390 Å². The first kappa shape index (κ1) is 38.4. The number of hydrogen-bond acceptors (Lipinski definition) is 2. The van der Waals surface area contributed by atoms with Gasteiger partial charge in [-0.3, -0.25) is 0 Å². The molecule has 1 heterocycles. The number of hydrogen-bond donors (Lipinski definition) is 0. The zero-order valence-electron chi connectivity index (χ0n) is 36.2. The molecule has 0 radical (unpaired) electrons. The van der Waals surface area contributed by atoms with Gasteiger partial charge in [0.1, 0.15) is 0 Å². The molecule has 0 fully saturated rings. The summed E-state index contributed by atoms with van der Waals surface area (Å²) in [4.78, 5) is 2.49. The van der Waals surface area contributed by atoms with Gasteiger partial charge in [-0.2, -0.15) is 0 Å². The molecule has 0 spiro atoms. The Balaban J connectivity index is 1.07. The molecule has 66 heavy (non-hydrogen) atoms. The van der Waals surface area contributed by atoms with Crippen LogP contribution in [-0.2, 0) is 10.8 Å². The van der Waals surface area contributed by atoms with Crippen LogP contribution < -0.4 is 4.90 Å². The van der Waals surface area contributed by atoms with Crippen LogP contribution in [0.3, 0.4) is 0 Å². The van der Waals surface area contributed by atoms with E-state index in [4.69, 9.17) is 0 Å². The smallest absolute Gasteiger partial charge is 0.0713 e. The highest BCUT2D eigenvalue weighted by Crippen LogP contribution is 2.60. The molecule has 10 aromatic carbocycles. The van der Waals surface area contributed by atoms with Gasteiger partial charge in [0.05, 0.1) is 10.8 Å². The minimum atomic E-state index is -0.517. The summed E-state index contributed by atoms with van der Waals surface area (Å²) in [6.45, 7) is 0. The van der Waals surface area contributed by atoms with Gasteiger partial charge in [-0.05, 0) is 137 Å². The molecular formula is C64H43NS. The number of benzene rings is 10. The van der Waals surface area contributed by atoms with Gasteiger partial charge in [-0.1, -0.05) is 206 Å². The fourth-order valence-electron chi connectivity index (χ4n) is 11.5.